The highest BCUT2D eigenvalue weighted by molar-refractivity contribution is 7.87. The van der Waals surface area contributed by atoms with E-state index in [1.165, 1.54) is 4.31 Å². The molecule has 0 aliphatic heterocycles. The van der Waals surface area contributed by atoms with E-state index in [4.69, 9.17) is 0 Å². The summed E-state index contributed by atoms with van der Waals surface area (Å²) in [7, 11) is -1.80. The number of hydrogen-bond donors (Lipinski definition) is 3. The third-order valence-electron chi connectivity index (χ3n) is 2.85. The van der Waals surface area contributed by atoms with E-state index in [-0.39, 0.29) is 0 Å². The summed E-state index contributed by atoms with van der Waals surface area (Å²) in [5.41, 5.74) is 0.913. The van der Waals surface area contributed by atoms with Crippen LogP contribution >= 0.6 is 0 Å². The van der Waals surface area contributed by atoms with Crippen molar-refractivity contribution in [3.8, 4) is 0 Å². The van der Waals surface area contributed by atoms with Crippen molar-refractivity contribution in [1.29, 1.82) is 0 Å². The second-order valence-corrected chi connectivity index (χ2v) is 6.87. The summed E-state index contributed by atoms with van der Waals surface area (Å²) in [4.78, 5) is 6.82. The minimum Gasteiger partial charge on any atom is -0.348 e. The maximum absolute atomic E-state index is 12.0. The molecule has 1 aromatic heterocycles. The number of rotatable bonds is 10. The van der Waals surface area contributed by atoms with Gasteiger partial charge in [-0.1, -0.05) is 13.8 Å². The first-order valence-corrected chi connectivity index (χ1v) is 8.27. The monoisotopic (exact) mass is 303 g/mol. The van der Waals surface area contributed by atoms with Gasteiger partial charge in [0.1, 0.15) is 0 Å². The number of imidazole rings is 1. The van der Waals surface area contributed by atoms with Crippen LogP contribution in [0, 0.1) is 0 Å². The minimum atomic E-state index is -3.39. The summed E-state index contributed by atoms with van der Waals surface area (Å²) in [6, 6.07) is 0.421. The van der Waals surface area contributed by atoms with Gasteiger partial charge in [0.2, 0.25) is 0 Å². The molecule has 0 unspecified atom stereocenters. The fourth-order valence-corrected chi connectivity index (χ4v) is 2.61. The van der Waals surface area contributed by atoms with Crippen LogP contribution in [0.5, 0.6) is 0 Å². The normalized spacial score (nSPS) is 12.4. The lowest BCUT2D eigenvalue weighted by atomic mass is 10.3. The quantitative estimate of drug-likeness (QED) is 0.535. The van der Waals surface area contributed by atoms with Crippen LogP contribution in [0.2, 0.25) is 0 Å². The van der Waals surface area contributed by atoms with Crippen LogP contribution in [-0.4, -0.2) is 55.4 Å². The molecule has 0 spiro atoms. The van der Waals surface area contributed by atoms with Crippen molar-refractivity contribution in [2.24, 2.45) is 0 Å². The average molecular weight is 303 g/mol. The number of aromatic nitrogens is 2. The van der Waals surface area contributed by atoms with E-state index >= 15 is 0 Å². The molecule has 0 fully saturated rings. The standard InChI is InChI=1S/C12H25N5O2S/c1-11(2)14-6-4-8-17(3)20(18,19)16-7-5-12-9-13-10-15-12/h9-11,14,16H,4-8H2,1-3H3,(H,13,15). The van der Waals surface area contributed by atoms with E-state index < -0.39 is 10.2 Å². The Morgan fingerprint density at radius 3 is 2.75 bits per heavy atom. The average Bonchev–Trinajstić information content (AvgIpc) is 2.87. The van der Waals surface area contributed by atoms with Gasteiger partial charge in [-0.15, -0.1) is 0 Å². The first kappa shape index (κ1) is 17.1. The molecule has 8 heteroatoms. The third kappa shape index (κ3) is 6.47. The van der Waals surface area contributed by atoms with E-state index in [0.717, 1.165) is 18.7 Å². The number of hydrogen-bond acceptors (Lipinski definition) is 4. The molecule has 0 bridgehead atoms. The summed E-state index contributed by atoms with van der Waals surface area (Å²) >= 11 is 0. The molecule has 1 rings (SSSR count). The predicted octanol–water partition coefficient (Wildman–Crippen LogP) is 0.107. The van der Waals surface area contributed by atoms with Crippen molar-refractivity contribution < 1.29 is 8.42 Å². The molecular weight excluding hydrogens is 278 g/mol. The summed E-state index contributed by atoms with van der Waals surface area (Å²) in [5.74, 6) is 0. The Kier molecular flexibility index (Phi) is 7.14. The molecule has 116 valence electrons. The van der Waals surface area contributed by atoms with Crippen LogP contribution in [0.1, 0.15) is 26.0 Å². The van der Waals surface area contributed by atoms with Crippen molar-refractivity contribution in [1.82, 2.24) is 24.3 Å². The Hall–Kier alpha value is -0.960. The first-order chi connectivity index (χ1) is 9.42. The molecule has 3 N–H and O–H groups in total. The first-order valence-electron chi connectivity index (χ1n) is 6.83. The molecule has 0 saturated carbocycles. The van der Waals surface area contributed by atoms with Gasteiger partial charge >= 0.3 is 0 Å². The maximum atomic E-state index is 12.0. The molecule has 0 radical (unpaired) electrons. The molecule has 20 heavy (non-hydrogen) atoms. The molecule has 7 nitrogen and oxygen atoms in total. The van der Waals surface area contributed by atoms with Crippen molar-refractivity contribution in [3.63, 3.8) is 0 Å². The molecule has 0 amide bonds. The Morgan fingerprint density at radius 1 is 1.40 bits per heavy atom. The van der Waals surface area contributed by atoms with Gasteiger partial charge in [0.05, 0.1) is 6.33 Å². The second kappa shape index (κ2) is 8.35. The molecule has 0 saturated heterocycles. The highest BCUT2D eigenvalue weighted by Crippen LogP contribution is 1.97. The zero-order valence-corrected chi connectivity index (χ0v) is 13.2. The number of nitrogens with zero attached hydrogens (tertiary/aromatic N) is 2. The topological polar surface area (TPSA) is 90.1 Å². The summed E-state index contributed by atoms with van der Waals surface area (Å²) in [6.07, 6.45) is 4.66. The van der Waals surface area contributed by atoms with Gasteiger partial charge in [-0.3, -0.25) is 0 Å². The summed E-state index contributed by atoms with van der Waals surface area (Å²) in [6.45, 7) is 5.80. The number of H-pyrrole nitrogens is 1. The molecule has 0 aliphatic carbocycles. The van der Waals surface area contributed by atoms with Gasteiger partial charge in [0, 0.05) is 44.5 Å². The Morgan fingerprint density at radius 2 is 2.15 bits per heavy atom. The summed E-state index contributed by atoms with van der Waals surface area (Å²) < 4.78 is 27.8. The van der Waals surface area contributed by atoms with Gasteiger partial charge in [-0.25, -0.2) is 9.71 Å². The zero-order chi connectivity index (χ0) is 15.0. The van der Waals surface area contributed by atoms with Gasteiger partial charge in [0.15, 0.2) is 0 Å². The van der Waals surface area contributed by atoms with E-state index in [9.17, 15) is 8.42 Å². The Bertz CT molecular complexity index is 458. The van der Waals surface area contributed by atoms with E-state index in [2.05, 4.69) is 33.9 Å². The van der Waals surface area contributed by atoms with Crippen LogP contribution in [0.4, 0.5) is 0 Å². The van der Waals surface area contributed by atoms with Crippen LogP contribution in [-0.2, 0) is 16.6 Å². The SMILES string of the molecule is CC(C)NCCCN(C)S(=O)(=O)NCCc1cnc[nH]1. The van der Waals surface area contributed by atoms with Crippen LogP contribution in [0.15, 0.2) is 12.5 Å². The lowest BCUT2D eigenvalue weighted by Gasteiger charge is -2.18. The lowest BCUT2D eigenvalue weighted by Crippen LogP contribution is -2.40. The Labute approximate surface area is 121 Å². The van der Waals surface area contributed by atoms with Crippen LogP contribution < -0.4 is 10.0 Å². The molecule has 1 heterocycles. The van der Waals surface area contributed by atoms with Crippen LogP contribution in [0.25, 0.3) is 0 Å². The zero-order valence-electron chi connectivity index (χ0n) is 12.4. The second-order valence-electron chi connectivity index (χ2n) is 5.01. The smallest absolute Gasteiger partial charge is 0.279 e. The fourth-order valence-electron chi connectivity index (χ4n) is 1.66. The van der Waals surface area contributed by atoms with Gasteiger partial charge < -0.3 is 10.3 Å². The van der Waals surface area contributed by atoms with Gasteiger partial charge in [-0.05, 0) is 13.0 Å². The molecule has 1 aromatic rings. The molecule has 0 aromatic carbocycles. The van der Waals surface area contributed by atoms with E-state index in [1.807, 2.05) is 0 Å². The lowest BCUT2D eigenvalue weighted by molar-refractivity contribution is 0.439. The predicted molar refractivity (Wildman–Crippen MR) is 79.6 cm³/mol. The third-order valence-corrected chi connectivity index (χ3v) is 4.42. The maximum Gasteiger partial charge on any atom is 0.279 e. The van der Waals surface area contributed by atoms with E-state index in [1.54, 1.807) is 19.6 Å². The van der Waals surface area contributed by atoms with Crippen molar-refractivity contribution in [2.75, 3.05) is 26.7 Å². The highest BCUT2D eigenvalue weighted by atomic mass is 32.2. The summed E-state index contributed by atoms with van der Waals surface area (Å²) in [5, 5.41) is 3.26. The number of aromatic amines is 1. The van der Waals surface area contributed by atoms with Crippen molar-refractivity contribution in [3.05, 3.63) is 18.2 Å². The molecule has 0 atom stereocenters. The molecule has 0 aliphatic rings. The largest absolute Gasteiger partial charge is 0.348 e. The van der Waals surface area contributed by atoms with Crippen molar-refractivity contribution in [2.45, 2.75) is 32.7 Å². The van der Waals surface area contributed by atoms with Gasteiger partial charge in [-0.2, -0.15) is 12.7 Å². The fraction of sp³-hybridized carbons (Fsp3) is 0.750. The minimum absolute atomic E-state index is 0.360. The van der Waals surface area contributed by atoms with Gasteiger partial charge in [0.25, 0.3) is 10.2 Å². The number of nitrogens with one attached hydrogen (secondary N) is 3. The van der Waals surface area contributed by atoms with Crippen molar-refractivity contribution >= 4 is 10.2 Å². The highest BCUT2D eigenvalue weighted by Gasteiger charge is 2.16. The van der Waals surface area contributed by atoms with E-state index in [0.29, 0.717) is 25.6 Å². The Balaban J connectivity index is 2.24. The van der Waals surface area contributed by atoms with Crippen LogP contribution in [0.3, 0.4) is 0 Å². The molecular formula is C12H25N5O2S.